The summed E-state index contributed by atoms with van der Waals surface area (Å²) in [6, 6.07) is 0. The lowest BCUT2D eigenvalue weighted by atomic mass is 10.2. The molecule has 108 valence electrons. The number of nitrogens with zero attached hydrogens (tertiary/aromatic N) is 2. The van der Waals surface area contributed by atoms with Crippen molar-refractivity contribution in [3.63, 3.8) is 0 Å². The number of halogens is 1. The Morgan fingerprint density at radius 1 is 1.37 bits per heavy atom. The van der Waals surface area contributed by atoms with Crippen molar-refractivity contribution in [1.82, 2.24) is 15.1 Å². The zero-order valence-electron chi connectivity index (χ0n) is 12.5. The average molecular weight is 328 g/mol. The molecule has 0 radical (unpaired) electrons. The van der Waals surface area contributed by atoms with Crippen molar-refractivity contribution in [2.45, 2.75) is 47.1 Å². The number of aromatic nitrogens is 2. The average Bonchev–Trinajstić information content (AvgIpc) is 2.64. The van der Waals surface area contributed by atoms with Gasteiger partial charge in [-0.3, -0.25) is 4.68 Å². The molecule has 1 heterocycles. The van der Waals surface area contributed by atoms with Gasteiger partial charge in [-0.25, -0.2) is 0 Å². The largest absolute Gasteiger partial charge is 0.316 e. The fourth-order valence-corrected chi connectivity index (χ4v) is 2.40. The molecule has 1 aromatic heterocycles. The maximum Gasteiger partial charge on any atom is 0.0738 e. The van der Waals surface area contributed by atoms with Crippen molar-refractivity contribution in [2.24, 2.45) is 5.92 Å². The van der Waals surface area contributed by atoms with E-state index in [0.29, 0.717) is 0 Å². The summed E-state index contributed by atoms with van der Waals surface area (Å²) in [5, 5.41) is 7.94. The van der Waals surface area contributed by atoms with E-state index < -0.39 is 0 Å². The summed E-state index contributed by atoms with van der Waals surface area (Å²) in [4.78, 5) is 0. The van der Waals surface area contributed by atoms with Gasteiger partial charge >= 0.3 is 0 Å². The summed E-state index contributed by atoms with van der Waals surface area (Å²) < 4.78 is 3.22. The molecule has 1 rings (SSSR count). The fraction of sp³-hybridized carbons (Fsp3) is 0.667. The normalized spacial score (nSPS) is 11.9. The molecule has 0 saturated heterocycles. The highest BCUT2D eigenvalue weighted by molar-refractivity contribution is 9.10. The molecular formula is C15H26BrN3. The summed E-state index contributed by atoms with van der Waals surface area (Å²) in [5.74, 6) is 0.724. The third-order valence-electron chi connectivity index (χ3n) is 2.97. The number of hydrogen-bond acceptors (Lipinski definition) is 2. The quantitative estimate of drug-likeness (QED) is 0.582. The molecule has 0 aliphatic heterocycles. The van der Waals surface area contributed by atoms with E-state index >= 15 is 0 Å². The second-order valence-corrected chi connectivity index (χ2v) is 6.02. The van der Waals surface area contributed by atoms with Gasteiger partial charge in [0, 0.05) is 13.0 Å². The van der Waals surface area contributed by atoms with Gasteiger partial charge in [-0.15, -0.1) is 0 Å². The summed E-state index contributed by atoms with van der Waals surface area (Å²) >= 11 is 3.62. The van der Waals surface area contributed by atoms with E-state index in [9.17, 15) is 0 Å². The molecule has 0 unspecified atom stereocenters. The topological polar surface area (TPSA) is 29.9 Å². The summed E-state index contributed by atoms with van der Waals surface area (Å²) in [6.45, 7) is 11.7. The lowest BCUT2D eigenvalue weighted by Crippen LogP contribution is -2.20. The highest BCUT2D eigenvalue weighted by Crippen LogP contribution is 2.21. The standard InChI is InChI=1S/C15H26BrN3/c1-5-19-14(15(16)13(4)18-19)9-7-6-8-10-17-11-12(2)3/h6-7,12,17H,5,8-11H2,1-4H3. The predicted molar refractivity (Wildman–Crippen MR) is 85.5 cm³/mol. The van der Waals surface area contributed by atoms with Crippen LogP contribution in [0.4, 0.5) is 0 Å². The van der Waals surface area contributed by atoms with Crippen LogP contribution in [0.25, 0.3) is 0 Å². The molecule has 1 N–H and O–H groups in total. The van der Waals surface area contributed by atoms with Gasteiger partial charge in [0.15, 0.2) is 0 Å². The molecule has 4 heteroatoms. The van der Waals surface area contributed by atoms with Crippen molar-refractivity contribution < 1.29 is 0 Å². The van der Waals surface area contributed by atoms with Gasteiger partial charge < -0.3 is 5.32 Å². The minimum absolute atomic E-state index is 0.724. The molecule has 0 bridgehead atoms. The van der Waals surface area contributed by atoms with Crippen molar-refractivity contribution in [3.05, 3.63) is 28.0 Å². The molecule has 0 saturated carbocycles. The van der Waals surface area contributed by atoms with Crippen molar-refractivity contribution in [2.75, 3.05) is 13.1 Å². The van der Waals surface area contributed by atoms with E-state index in [4.69, 9.17) is 0 Å². The third kappa shape index (κ3) is 5.49. The summed E-state index contributed by atoms with van der Waals surface area (Å²) in [7, 11) is 0. The molecule has 0 fully saturated rings. The molecule has 1 aromatic rings. The van der Waals surface area contributed by atoms with Crippen LogP contribution >= 0.6 is 15.9 Å². The molecule has 0 atom stereocenters. The maximum atomic E-state index is 4.50. The van der Waals surface area contributed by atoms with Crippen LogP contribution in [0.3, 0.4) is 0 Å². The number of hydrogen-bond donors (Lipinski definition) is 1. The first-order valence-electron chi connectivity index (χ1n) is 7.13. The van der Waals surface area contributed by atoms with E-state index in [0.717, 1.165) is 48.6 Å². The molecular weight excluding hydrogens is 302 g/mol. The Bertz CT molecular complexity index is 408. The fourth-order valence-electron chi connectivity index (χ4n) is 1.95. The Balaban J connectivity index is 2.36. The summed E-state index contributed by atoms with van der Waals surface area (Å²) in [6.07, 6.45) is 6.52. The second kappa shape index (κ2) is 8.54. The van der Waals surface area contributed by atoms with Crippen LogP contribution in [0.2, 0.25) is 0 Å². The van der Waals surface area contributed by atoms with Gasteiger partial charge in [0.1, 0.15) is 0 Å². The Morgan fingerprint density at radius 3 is 2.74 bits per heavy atom. The van der Waals surface area contributed by atoms with Gasteiger partial charge in [-0.1, -0.05) is 26.0 Å². The summed E-state index contributed by atoms with van der Waals surface area (Å²) in [5.41, 5.74) is 2.34. The number of nitrogens with one attached hydrogen (secondary N) is 1. The van der Waals surface area contributed by atoms with Crippen molar-refractivity contribution >= 4 is 15.9 Å². The zero-order chi connectivity index (χ0) is 14.3. The molecule has 19 heavy (non-hydrogen) atoms. The van der Waals surface area contributed by atoms with E-state index in [1.54, 1.807) is 0 Å². The van der Waals surface area contributed by atoms with Gasteiger partial charge in [-0.2, -0.15) is 5.10 Å². The lowest BCUT2D eigenvalue weighted by molar-refractivity contribution is 0.556. The molecule has 3 nitrogen and oxygen atoms in total. The molecule has 0 amide bonds. The van der Waals surface area contributed by atoms with Crippen LogP contribution in [0.1, 0.15) is 38.6 Å². The number of aryl methyl sites for hydroxylation is 2. The Morgan fingerprint density at radius 2 is 2.11 bits per heavy atom. The van der Waals surface area contributed by atoms with E-state index in [1.807, 2.05) is 6.92 Å². The van der Waals surface area contributed by atoms with Crippen LogP contribution in [0, 0.1) is 12.8 Å². The van der Waals surface area contributed by atoms with Crippen molar-refractivity contribution in [3.8, 4) is 0 Å². The second-order valence-electron chi connectivity index (χ2n) is 5.22. The van der Waals surface area contributed by atoms with Gasteiger partial charge in [0.05, 0.1) is 15.9 Å². The number of rotatable bonds is 8. The Kier molecular flexibility index (Phi) is 7.39. The highest BCUT2D eigenvalue weighted by Gasteiger charge is 2.09. The SMILES string of the molecule is CCn1nc(C)c(Br)c1CC=CCCNCC(C)C. The first-order chi connectivity index (χ1) is 9.06. The van der Waals surface area contributed by atoms with Crippen LogP contribution in [0.15, 0.2) is 16.6 Å². The molecule has 0 spiro atoms. The monoisotopic (exact) mass is 327 g/mol. The Hall–Kier alpha value is -0.610. The predicted octanol–water partition coefficient (Wildman–Crippen LogP) is 3.71. The minimum Gasteiger partial charge on any atom is -0.316 e. The van der Waals surface area contributed by atoms with E-state index in [2.05, 4.69) is 64.0 Å². The van der Waals surface area contributed by atoms with Crippen LogP contribution < -0.4 is 5.32 Å². The Labute approximate surface area is 125 Å². The van der Waals surface area contributed by atoms with Crippen LogP contribution in [-0.2, 0) is 13.0 Å². The van der Waals surface area contributed by atoms with E-state index in [1.165, 1.54) is 5.69 Å². The van der Waals surface area contributed by atoms with Crippen molar-refractivity contribution in [1.29, 1.82) is 0 Å². The van der Waals surface area contributed by atoms with Crippen LogP contribution in [-0.4, -0.2) is 22.9 Å². The van der Waals surface area contributed by atoms with Gasteiger partial charge in [0.25, 0.3) is 0 Å². The lowest BCUT2D eigenvalue weighted by Gasteiger charge is -2.05. The minimum atomic E-state index is 0.724. The van der Waals surface area contributed by atoms with E-state index in [-0.39, 0.29) is 0 Å². The smallest absolute Gasteiger partial charge is 0.0738 e. The zero-order valence-corrected chi connectivity index (χ0v) is 14.1. The first kappa shape index (κ1) is 16.4. The van der Waals surface area contributed by atoms with Crippen LogP contribution in [0.5, 0.6) is 0 Å². The van der Waals surface area contributed by atoms with Gasteiger partial charge in [-0.05, 0) is 55.2 Å². The molecule has 0 aromatic carbocycles. The third-order valence-corrected chi connectivity index (χ3v) is 4.00. The molecule has 0 aliphatic carbocycles. The maximum absolute atomic E-state index is 4.50. The first-order valence-corrected chi connectivity index (χ1v) is 7.93. The van der Waals surface area contributed by atoms with Gasteiger partial charge in [0.2, 0.25) is 0 Å². The number of allylic oxidation sites excluding steroid dienone is 1. The highest BCUT2D eigenvalue weighted by atomic mass is 79.9. The molecule has 0 aliphatic rings.